The fraction of sp³-hybridized carbons (Fsp3) is 0.200. The third-order valence-electron chi connectivity index (χ3n) is 4.15. The fourth-order valence-corrected chi connectivity index (χ4v) is 2.80. The molecule has 1 heterocycles. The molecule has 1 aromatic heterocycles. The number of methoxy groups -OCH3 is 1. The van der Waals surface area contributed by atoms with Crippen LogP contribution in [0, 0.1) is 6.92 Å². The summed E-state index contributed by atoms with van der Waals surface area (Å²) in [4.78, 5) is 29.3. The van der Waals surface area contributed by atoms with Crippen molar-refractivity contribution in [2.45, 2.75) is 13.5 Å². The Bertz CT molecular complexity index is 992. The Morgan fingerprint density at radius 2 is 1.96 bits per heavy atom. The average molecular weight is 336 g/mol. The van der Waals surface area contributed by atoms with Gasteiger partial charge in [0.05, 0.1) is 13.7 Å². The summed E-state index contributed by atoms with van der Waals surface area (Å²) in [5.74, 6) is 0.600. The van der Waals surface area contributed by atoms with Crippen molar-refractivity contribution < 1.29 is 9.53 Å². The van der Waals surface area contributed by atoms with Gasteiger partial charge < -0.3 is 14.6 Å². The van der Waals surface area contributed by atoms with Crippen LogP contribution in [0.1, 0.15) is 21.5 Å². The van der Waals surface area contributed by atoms with E-state index in [1.165, 1.54) is 0 Å². The van der Waals surface area contributed by atoms with Crippen LogP contribution in [-0.4, -0.2) is 29.9 Å². The van der Waals surface area contributed by atoms with Crippen molar-refractivity contribution in [1.82, 2.24) is 9.88 Å². The molecule has 5 nitrogen and oxygen atoms in total. The van der Waals surface area contributed by atoms with Gasteiger partial charge >= 0.3 is 0 Å². The van der Waals surface area contributed by atoms with Crippen LogP contribution in [0.4, 0.5) is 0 Å². The Balaban J connectivity index is 1.89. The third-order valence-corrected chi connectivity index (χ3v) is 4.15. The zero-order valence-electron chi connectivity index (χ0n) is 14.5. The van der Waals surface area contributed by atoms with Crippen LogP contribution in [0.3, 0.4) is 0 Å². The van der Waals surface area contributed by atoms with Crippen LogP contribution in [0.5, 0.6) is 5.75 Å². The van der Waals surface area contributed by atoms with Gasteiger partial charge in [0, 0.05) is 29.1 Å². The smallest absolute Gasteiger partial charge is 0.253 e. The minimum absolute atomic E-state index is 0.117. The van der Waals surface area contributed by atoms with Crippen LogP contribution >= 0.6 is 0 Å². The van der Waals surface area contributed by atoms with Gasteiger partial charge in [-0.05, 0) is 43.3 Å². The molecule has 0 radical (unpaired) electrons. The molecule has 5 heteroatoms. The van der Waals surface area contributed by atoms with E-state index in [0.29, 0.717) is 11.1 Å². The Morgan fingerprint density at radius 3 is 2.68 bits per heavy atom. The number of nitrogens with one attached hydrogen (secondary N) is 1. The first-order valence-corrected chi connectivity index (χ1v) is 8.00. The van der Waals surface area contributed by atoms with Crippen LogP contribution in [0.25, 0.3) is 10.9 Å². The molecular weight excluding hydrogens is 316 g/mol. The highest BCUT2D eigenvalue weighted by Crippen LogP contribution is 2.19. The molecule has 3 rings (SSSR count). The number of hydrogen-bond donors (Lipinski definition) is 1. The second-order valence-corrected chi connectivity index (χ2v) is 6.11. The zero-order valence-corrected chi connectivity index (χ0v) is 14.5. The monoisotopic (exact) mass is 336 g/mol. The van der Waals surface area contributed by atoms with Crippen molar-refractivity contribution in [2.24, 2.45) is 0 Å². The van der Waals surface area contributed by atoms with Gasteiger partial charge in [0.25, 0.3) is 11.5 Å². The number of carbonyl (C=O) groups excluding carboxylic acids is 1. The van der Waals surface area contributed by atoms with E-state index in [0.717, 1.165) is 22.2 Å². The number of aryl methyl sites for hydroxylation is 1. The van der Waals surface area contributed by atoms with E-state index in [9.17, 15) is 9.59 Å². The van der Waals surface area contributed by atoms with E-state index in [1.54, 1.807) is 43.3 Å². The van der Waals surface area contributed by atoms with E-state index in [1.807, 2.05) is 31.2 Å². The molecule has 0 aliphatic carbocycles. The summed E-state index contributed by atoms with van der Waals surface area (Å²) in [5.41, 5.74) is 2.71. The van der Waals surface area contributed by atoms with E-state index in [4.69, 9.17) is 4.74 Å². The third kappa shape index (κ3) is 3.55. The van der Waals surface area contributed by atoms with Crippen LogP contribution in [0.2, 0.25) is 0 Å². The van der Waals surface area contributed by atoms with Crippen molar-refractivity contribution in [3.63, 3.8) is 0 Å². The highest BCUT2D eigenvalue weighted by Gasteiger charge is 2.14. The van der Waals surface area contributed by atoms with Gasteiger partial charge in [0.1, 0.15) is 5.75 Å². The number of amides is 1. The van der Waals surface area contributed by atoms with Crippen LogP contribution in [-0.2, 0) is 6.54 Å². The molecule has 1 amide bonds. The number of ether oxygens (including phenoxy) is 1. The number of fused-ring (bicyclic) bond motifs is 1. The molecule has 0 bridgehead atoms. The lowest BCUT2D eigenvalue weighted by molar-refractivity contribution is 0.0784. The van der Waals surface area contributed by atoms with E-state index < -0.39 is 0 Å². The predicted octanol–water partition coefficient (Wildman–Crippen LogP) is 3.12. The summed E-state index contributed by atoms with van der Waals surface area (Å²) >= 11 is 0. The van der Waals surface area contributed by atoms with Gasteiger partial charge in [0.2, 0.25) is 0 Å². The summed E-state index contributed by atoms with van der Waals surface area (Å²) in [6.45, 7) is 2.17. The van der Waals surface area contributed by atoms with E-state index in [-0.39, 0.29) is 18.0 Å². The summed E-state index contributed by atoms with van der Waals surface area (Å²) in [6.07, 6.45) is 0. The maximum Gasteiger partial charge on any atom is 0.253 e. The number of pyridine rings is 1. The minimum atomic E-state index is -0.193. The Labute approximate surface area is 145 Å². The van der Waals surface area contributed by atoms with E-state index in [2.05, 4.69) is 4.98 Å². The molecule has 128 valence electrons. The Kier molecular flexibility index (Phi) is 4.57. The molecule has 0 aliphatic heterocycles. The molecular formula is C20H20N2O3. The van der Waals surface area contributed by atoms with Crippen LogP contribution < -0.4 is 10.3 Å². The first kappa shape index (κ1) is 16.8. The fourth-order valence-electron chi connectivity index (χ4n) is 2.80. The van der Waals surface area contributed by atoms with Crippen molar-refractivity contribution in [1.29, 1.82) is 0 Å². The summed E-state index contributed by atoms with van der Waals surface area (Å²) in [7, 11) is 3.29. The largest absolute Gasteiger partial charge is 0.497 e. The number of aromatic nitrogens is 1. The normalized spacial score (nSPS) is 10.7. The number of H-pyrrole nitrogens is 1. The van der Waals surface area contributed by atoms with Gasteiger partial charge in [0.15, 0.2) is 0 Å². The maximum absolute atomic E-state index is 12.6. The Hall–Kier alpha value is -3.08. The molecule has 1 N–H and O–H groups in total. The molecule has 0 spiro atoms. The maximum atomic E-state index is 12.6. The highest BCUT2D eigenvalue weighted by molar-refractivity contribution is 5.94. The molecule has 0 saturated heterocycles. The number of aromatic amines is 1. The molecule has 0 saturated carbocycles. The number of carbonyl (C=O) groups is 1. The van der Waals surface area contributed by atoms with Gasteiger partial charge in [-0.15, -0.1) is 0 Å². The molecule has 2 aromatic carbocycles. The minimum Gasteiger partial charge on any atom is -0.497 e. The zero-order chi connectivity index (χ0) is 18.0. The molecule has 0 unspecified atom stereocenters. The van der Waals surface area contributed by atoms with Crippen molar-refractivity contribution in [3.8, 4) is 5.75 Å². The van der Waals surface area contributed by atoms with Gasteiger partial charge in [-0.1, -0.05) is 17.7 Å². The first-order chi connectivity index (χ1) is 12.0. The Morgan fingerprint density at radius 1 is 1.16 bits per heavy atom. The molecule has 3 aromatic rings. The topological polar surface area (TPSA) is 62.4 Å². The average Bonchev–Trinajstić information content (AvgIpc) is 2.61. The summed E-state index contributed by atoms with van der Waals surface area (Å²) in [6, 6.07) is 14.7. The molecule has 0 aliphatic rings. The van der Waals surface area contributed by atoms with Gasteiger partial charge in [-0.3, -0.25) is 9.59 Å². The van der Waals surface area contributed by atoms with Gasteiger partial charge in [-0.25, -0.2) is 0 Å². The summed E-state index contributed by atoms with van der Waals surface area (Å²) in [5, 5.41) is 0.866. The van der Waals surface area contributed by atoms with Crippen molar-refractivity contribution in [2.75, 3.05) is 14.2 Å². The lowest BCUT2D eigenvalue weighted by Gasteiger charge is -2.17. The molecule has 25 heavy (non-hydrogen) atoms. The standard InChI is InChI=1S/C20H20N2O3/c1-13-5-4-6-14(9-13)20(24)22(2)12-16-10-15-11-17(25-3)7-8-18(15)21-19(16)23/h4-11H,12H2,1-3H3,(H,21,23). The molecule has 0 fully saturated rings. The summed E-state index contributed by atoms with van der Waals surface area (Å²) < 4.78 is 5.22. The van der Waals surface area contributed by atoms with Gasteiger partial charge in [-0.2, -0.15) is 0 Å². The second kappa shape index (κ2) is 6.81. The molecule has 0 atom stereocenters. The number of benzene rings is 2. The lowest BCUT2D eigenvalue weighted by atomic mass is 10.1. The number of hydrogen-bond acceptors (Lipinski definition) is 3. The second-order valence-electron chi connectivity index (χ2n) is 6.11. The predicted molar refractivity (Wildman–Crippen MR) is 98.1 cm³/mol. The lowest BCUT2D eigenvalue weighted by Crippen LogP contribution is -2.29. The van der Waals surface area contributed by atoms with Crippen molar-refractivity contribution >= 4 is 16.8 Å². The number of rotatable bonds is 4. The van der Waals surface area contributed by atoms with Crippen LogP contribution in [0.15, 0.2) is 53.3 Å². The quantitative estimate of drug-likeness (QED) is 0.796. The van der Waals surface area contributed by atoms with E-state index >= 15 is 0 Å². The SMILES string of the molecule is COc1ccc2[nH]c(=O)c(CN(C)C(=O)c3cccc(C)c3)cc2c1. The first-order valence-electron chi connectivity index (χ1n) is 8.00. The highest BCUT2D eigenvalue weighted by atomic mass is 16.5. The number of nitrogens with zero attached hydrogens (tertiary/aromatic N) is 1. The van der Waals surface area contributed by atoms with Crippen molar-refractivity contribution in [3.05, 3.63) is 75.6 Å².